The third-order valence-electron chi connectivity index (χ3n) is 4.07. The van der Waals surface area contributed by atoms with Gasteiger partial charge in [0.1, 0.15) is 0 Å². The molecule has 1 atom stereocenters. The molecule has 0 spiro atoms. The van der Waals surface area contributed by atoms with Gasteiger partial charge in [0.15, 0.2) is 0 Å². The highest BCUT2D eigenvalue weighted by Crippen LogP contribution is 2.29. The molecule has 1 aromatic heterocycles. The summed E-state index contributed by atoms with van der Waals surface area (Å²) in [6.45, 7) is 16.8. The van der Waals surface area contributed by atoms with Crippen LogP contribution >= 0.6 is 0 Å². The van der Waals surface area contributed by atoms with E-state index in [1.54, 1.807) is 0 Å². The normalized spacial score (nSPS) is 13.7. The SMILES string of the molecule is CCCNCC(Cc1cc(CC)nn1CC)C(C)(C)C. The average molecular weight is 279 g/mol. The minimum Gasteiger partial charge on any atom is -0.316 e. The van der Waals surface area contributed by atoms with Gasteiger partial charge in [0, 0.05) is 12.2 Å². The van der Waals surface area contributed by atoms with Crippen LogP contribution in [0.2, 0.25) is 0 Å². The van der Waals surface area contributed by atoms with E-state index in [2.05, 4.69) is 62.7 Å². The summed E-state index contributed by atoms with van der Waals surface area (Å²) < 4.78 is 2.18. The van der Waals surface area contributed by atoms with Crippen LogP contribution in [0.1, 0.15) is 59.4 Å². The van der Waals surface area contributed by atoms with Crippen LogP contribution in [0.3, 0.4) is 0 Å². The lowest BCUT2D eigenvalue weighted by Gasteiger charge is -2.31. The van der Waals surface area contributed by atoms with Gasteiger partial charge in [0.2, 0.25) is 0 Å². The predicted octanol–water partition coefficient (Wildman–Crippen LogP) is 3.67. The Morgan fingerprint density at radius 1 is 1.25 bits per heavy atom. The number of rotatable bonds is 8. The number of nitrogens with zero attached hydrogens (tertiary/aromatic N) is 2. The van der Waals surface area contributed by atoms with Gasteiger partial charge in [-0.2, -0.15) is 5.10 Å². The molecule has 116 valence electrons. The minimum absolute atomic E-state index is 0.315. The van der Waals surface area contributed by atoms with E-state index in [0.717, 1.165) is 32.5 Å². The summed E-state index contributed by atoms with van der Waals surface area (Å²) in [6, 6.07) is 2.29. The lowest BCUT2D eigenvalue weighted by Crippen LogP contribution is -2.34. The summed E-state index contributed by atoms with van der Waals surface area (Å²) >= 11 is 0. The molecule has 1 heterocycles. The molecule has 0 radical (unpaired) electrons. The van der Waals surface area contributed by atoms with Crippen LogP contribution in [-0.2, 0) is 19.4 Å². The second-order valence-corrected chi connectivity index (χ2v) is 6.77. The molecular formula is C17H33N3. The first-order valence-corrected chi connectivity index (χ1v) is 8.18. The van der Waals surface area contributed by atoms with Crippen LogP contribution in [-0.4, -0.2) is 22.9 Å². The minimum atomic E-state index is 0.315. The first-order valence-electron chi connectivity index (χ1n) is 8.18. The van der Waals surface area contributed by atoms with Crippen molar-refractivity contribution in [1.82, 2.24) is 15.1 Å². The Hall–Kier alpha value is -0.830. The molecule has 0 aliphatic rings. The van der Waals surface area contributed by atoms with Crippen molar-refractivity contribution in [1.29, 1.82) is 0 Å². The van der Waals surface area contributed by atoms with Crippen LogP contribution in [0.5, 0.6) is 0 Å². The highest BCUT2D eigenvalue weighted by atomic mass is 15.3. The van der Waals surface area contributed by atoms with Gasteiger partial charge in [0.05, 0.1) is 5.69 Å². The molecule has 1 unspecified atom stereocenters. The van der Waals surface area contributed by atoms with Crippen LogP contribution in [0.25, 0.3) is 0 Å². The summed E-state index contributed by atoms with van der Waals surface area (Å²) in [7, 11) is 0. The Morgan fingerprint density at radius 2 is 1.95 bits per heavy atom. The van der Waals surface area contributed by atoms with E-state index in [9.17, 15) is 0 Å². The van der Waals surface area contributed by atoms with E-state index >= 15 is 0 Å². The molecule has 0 amide bonds. The highest BCUT2D eigenvalue weighted by molar-refractivity contribution is 5.12. The molecule has 20 heavy (non-hydrogen) atoms. The number of aromatic nitrogens is 2. The van der Waals surface area contributed by atoms with Crippen LogP contribution in [0.15, 0.2) is 6.07 Å². The van der Waals surface area contributed by atoms with E-state index in [1.807, 2.05) is 0 Å². The molecule has 0 fully saturated rings. The summed E-state index contributed by atoms with van der Waals surface area (Å²) in [5.74, 6) is 0.640. The maximum atomic E-state index is 4.68. The molecule has 1 N–H and O–H groups in total. The molecule has 0 bridgehead atoms. The van der Waals surface area contributed by atoms with E-state index in [4.69, 9.17) is 0 Å². The first kappa shape index (κ1) is 17.2. The maximum absolute atomic E-state index is 4.68. The average Bonchev–Trinajstić information content (AvgIpc) is 2.79. The fourth-order valence-corrected chi connectivity index (χ4v) is 2.52. The van der Waals surface area contributed by atoms with Crippen molar-refractivity contribution in [2.75, 3.05) is 13.1 Å². The van der Waals surface area contributed by atoms with E-state index in [0.29, 0.717) is 11.3 Å². The van der Waals surface area contributed by atoms with Gasteiger partial charge in [-0.05, 0) is 56.7 Å². The molecule has 1 rings (SSSR count). The number of hydrogen-bond acceptors (Lipinski definition) is 2. The zero-order valence-corrected chi connectivity index (χ0v) is 14.3. The third kappa shape index (κ3) is 4.93. The first-order chi connectivity index (χ1) is 9.42. The molecule has 0 saturated heterocycles. The van der Waals surface area contributed by atoms with Crippen molar-refractivity contribution in [3.05, 3.63) is 17.5 Å². The Balaban J connectivity index is 2.80. The van der Waals surface area contributed by atoms with Crippen molar-refractivity contribution in [3.63, 3.8) is 0 Å². The summed E-state index contributed by atoms with van der Waals surface area (Å²) in [5.41, 5.74) is 2.93. The van der Waals surface area contributed by atoms with Crippen molar-refractivity contribution in [2.24, 2.45) is 11.3 Å². The number of aryl methyl sites for hydroxylation is 2. The molecule has 0 aliphatic heterocycles. The molecule has 0 aliphatic carbocycles. The molecule has 0 saturated carbocycles. The van der Waals surface area contributed by atoms with Crippen molar-refractivity contribution < 1.29 is 0 Å². The number of nitrogens with one attached hydrogen (secondary N) is 1. The van der Waals surface area contributed by atoms with E-state index < -0.39 is 0 Å². The third-order valence-corrected chi connectivity index (χ3v) is 4.07. The summed E-state index contributed by atoms with van der Waals surface area (Å²) in [5, 5.41) is 8.27. The van der Waals surface area contributed by atoms with Crippen LogP contribution in [0, 0.1) is 11.3 Å². The summed E-state index contributed by atoms with van der Waals surface area (Å²) in [4.78, 5) is 0. The molecule has 3 heteroatoms. The Bertz CT molecular complexity index is 387. The molecule has 3 nitrogen and oxygen atoms in total. The van der Waals surface area contributed by atoms with Gasteiger partial charge in [-0.25, -0.2) is 0 Å². The zero-order chi connectivity index (χ0) is 15.2. The van der Waals surface area contributed by atoms with E-state index in [-0.39, 0.29) is 0 Å². The zero-order valence-electron chi connectivity index (χ0n) is 14.3. The summed E-state index contributed by atoms with van der Waals surface area (Å²) in [6.07, 6.45) is 3.33. The molecule has 0 aromatic carbocycles. The fourth-order valence-electron chi connectivity index (χ4n) is 2.52. The van der Waals surface area contributed by atoms with Gasteiger partial charge in [0.25, 0.3) is 0 Å². The Morgan fingerprint density at radius 3 is 2.45 bits per heavy atom. The van der Waals surface area contributed by atoms with E-state index in [1.165, 1.54) is 17.8 Å². The predicted molar refractivity (Wildman–Crippen MR) is 87.1 cm³/mol. The lowest BCUT2D eigenvalue weighted by molar-refractivity contribution is 0.227. The molecule has 1 aromatic rings. The Labute approximate surface area is 125 Å². The van der Waals surface area contributed by atoms with Gasteiger partial charge < -0.3 is 5.32 Å². The standard InChI is InChI=1S/C17H33N3/c1-7-10-18-13-14(17(4,5)6)11-16-12-15(8-2)19-20(16)9-3/h12,14,18H,7-11,13H2,1-6H3. The van der Waals surface area contributed by atoms with Crippen LogP contribution in [0.4, 0.5) is 0 Å². The van der Waals surface area contributed by atoms with Crippen molar-refractivity contribution in [3.8, 4) is 0 Å². The molecular weight excluding hydrogens is 246 g/mol. The largest absolute Gasteiger partial charge is 0.316 e. The topological polar surface area (TPSA) is 29.9 Å². The van der Waals surface area contributed by atoms with Gasteiger partial charge in [-0.15, -0.1) is 0 Å². The van der Waals surface area contributed by atoms with Gasteiger partial charge >= 0.3 is 0 Å². The second-order valence-electron chi connectivity index (χ2n) is 6.77. The van der Waals surface area contributed by atoms with Gasteiger partial charge in [-0.1, -0.05) is 34.6 Å². The maximum Gasteiger partial charge on any atom is 0.0624 e. The Kier molecular flexibility index (Phi) is 6.74. The van der Waals surface area contributed by atoms with Crippen molar-refractivity contribution in [2.45, 2.75) is 67.3 Å². The fraction of sp³-hybridized carbons (Fsp3) is 0.824. The number of hydrogen-bond donors (Lipinski definition) is 1. The van der Waals surface area contributed by atoms with Crippen LogP contribution < -0.4 is 5.32 Å². The lowest BCUT2D eigenvalue weighted by atomic mass is 9.78. The monoisotopic (exact) mass is 279 g/mol. The highest BCUT2D eigenvalue weighted by Gasteiger charge is 2.25. The van der Waals surface area contributed by atoms with Crippen molar-refractivity contribution >= 4 is 0 Å². The quantitative estimate of drug-likeness (QED) is 0.736. The van der Waals surface area contributed by atoms with Gasteiger partial charge in [-0.3, -0.25) is 4.68 Å². The second kappa shape index (κ2) is 7.82. The smallest absolute Gasteiger partial charge is 0.0624 e.